The van der Waals surface area contributed by atoms with Gasteiger partial charge in [-0.1, -0.05) is 0 Å². The van der Waals surface area contributed by atoms with E-state index in [2.05, 4.69) is 0 Å². The van der Waals surface area contributed by atoms with Crippen molar-refractivity contribution in [2.75, 3.05) is 32.8 Å². The molecule has 0 N–H and O–H groups in total. The second kappa shape index (κ2) is 5.70. The highest BCUT2D eigenvalue weighted by Gasteiger charge is 2.52. The van der Waals surface area contributed by atoms with Gasteiger partial charge in [0.05, 0.1) is 13.2 Å². The normalized spacial score (nSPS) is 36.4. The van der Waals surface area contributed by atoms with Gasteiger partial charge in [0.15, 0.2) is 0 Å². The van der Waals surface area contributed by atoms with E-state index >= 15 is 0 Å². The van der Waals surface area contributed by atoms with E-state index < -0.39 is 0 Å². The zero-order chi connectivity index (χ0) is 11.4. The lowest BCUT2D eigenvalue weighted by atomic mass is 9.81. The van der Waals surface area contributed by atoms with Crippen LogP contribution in [0.2, 0.25) is 0 Å². The molecule has 3 heteroatoms. The fourth-order valence-electron chi connectivity index (χ4n) is 3.18. The van der Waals surface area contributed by atoms with E-state index in [-0.39, 0.29) is 0 Å². The van der Waals surface area contributed by atoms with E-state index in [0.717, 1.165) is 37.4 Å². The molecule has 2 nitrogen and oxygen atoms in total. The molecule has 2 saturated carbocycles. The number of hydrogen-bond donors (Lipinski definition) is 0. The predicted molar refractivity (Wildman–Crippen MR) is 65.9 cm³/mol. The smallest absolute Gasteiger partial charge is 0.0700 e. The Labute approximate surface area is 104 Å². The molecule has 2 unspecified atom stereocenters. The molecule has 0 spiro atoms. The second-order valence-electron chi connectivity index (χ2n) is 5.51. The minimum Gasteiger partial charge on any atom is -0.382 e. The van der Waals surface area contributed by atoms with Crippen molar-refractivity contribution in [3.63, 3.8) is 0 Å². The average molecular weight is 247 g/mol. The Kier molecular flexibility index (Phi) is 4.51. The number of methoxy groups -OCH3 is 1. The van der Waals surface area contributed by atoms with Gasteiger partial charge in [-0.05, 0) is 49.4 Å². The Bertz CT molecular complexity index is 210. The van der Waals surface area contributed by atoms with Crippen LogP contribution < -0.4 is 0 Å². The molecule has 0 aromatic heterocycles. The van der Waals surface area contributed by atoms with E-state index in [1.807, 2.05) is 0 Å². The minimum atomic E-state index is 0.458. The summed E-state index contributed by atoms with van der Waals surface area (Å²) in [6.45, 7) is 2.28. The molecular formula is C13H23ClO2. The van der Waals surface area contributed by atoms with Gasteiger partial charge in [0, 0.05) is 19.6 Å². The molecule has 94 valence electrons. The Balaban J connectivity index is 1.57. The third-order valence-electron chi connectivity index (χ3n) is 4.17. The molecule has 0 radical (unpaired) electrons. The lowest BCUT2D eigenvalue weighted by molar-refractivity contribution is 0.0639. The van der Waals surface area contributed by atoms with E-state index in [0.29, 0.717) is 12.0 Å². The molecule has 0 saturated heterocycles. The molecule has 0 bridgehead atoms. The van der Waals surface area contributed by atoms with Gasteiger partial charge in [0.2, 0.25) is 0 Å². The first-order valence-corrected chi connectivity index (χ1v) is 6.96. The van der Waals surface area contributed by atoms with E-state index in [4.69, 9.17) is 21.1 Å². The Hall–Kier alpha value is 0.210. The van der Waals surface area contributed by atoms with Crippen LogP contribution in [-0.2, 0) is 9.47 Å². The predicted octanol–water partition coefficient (Wildman–Crippen LogP) is 3.08. The van der Waals surface area contributed by atoms with Gasteiger partial charge in [-0.15, -0.1) is 11.6 Å². The largest absolute Gasteiger partial charge is 0.382 e. The van der Waals surface area contributed by atoms with Crippen LogP contribution in [0, 0.1) is 17.3 Å². The van der Waals surface area contributed by atoms with E-state index in [1.54, 1.807) is 7.11 Å². The van der Waals surface area contributed by atoms with Crippen LogP contribution in [0.25, 0.3) is 0 Å². The summed E-state index contributed by atoms with van der Waals surface area (Å²) in [5, 5.41) is 0. The summed E-state index contributed by atoms with van der Waals surface area (Å²) in [5.41, 5.74) is 0.458. The number of rotatable bonds is 8. The first kappa shape index (κ1) is 12.7. The van der Waals surface area contributed by atoms with Crippen molar-refractivity contribution in [2.45, 2.75) is 32.1 Å². The molecule has 0 aliphatic heterocycles. The molecular weight excluding hydrogens is 224 g/mol. The van der Waals surface area contributed by atoms with Gasteiger partial charge in [0.1, 0.15) is 0 Å². The maximum atomic E-state index is 6.15. The first-order valence-electron chi connectivity index (χ1n) is 6.42. The fraction of sp³-hybridized carbons (Fsp3) is 1.00. The van der Waals surface area contributed by atoms with Crippen LogP contribution >= 0.6 is 11.6 Å². The first-order chi connectivity index (χ1) is 7.79. The summed E-state index contributed by atoms with van der Waals surface area (Å²) in [7, 11) is 1.71. The fourth-order valence-corrected chi connectivity index (χ4v) is 3.53. The molecule has 0 amide bonds. The molecule has 0 heterocycles. The molecule has 2 fully saturated rings. The maximum absolute atomic E-state index is 6.15. The lowest BCUT2D eigenvalue weighted by Gasteiger charge is -2.28. The topological polar surface area (TPSA) is 18.5 Å². The van der Waals surface area contributed by atoms with Crippen LogP contribution in [0.1, 0.15) is 32.1 Å². The van der Waals surface area contributed by atoms with Crippen LogP contribution in [0.5, 0.6) is 0 Å². The van der Waals surface area contributed by atoms with Crippen molar-refractivity contribution in [2.24, 2.45) is 17.3 Å². The summed E-state index contributed by atoms with van der Waals surface area (Å²) in [6, 6.07) is 0. The van der Waals surface area contributed by atoms with Crippen LogP contribution in [0.4, 0.5) is 0 Å². The number of ether oxygens (including phenoxy) is 2. The Morgan fingerprint density at radius 1 is 1.19 bits per heavy atom. The molecule has 2 rings (SSSR count). The molecule has 16 heavy (non-hydrogen) atoms. The van der Waals surface area contributed by atoms with Gasteiger partial charge in [-0.3, -0.25) is 0 Å². The van der Waals surface area contributed by atoms with Crippen molar-refractivity contribution >= 4 is 11.6 Å². The highest BCUT2D eigenvalue weighted by atomic mass is 35.5. The monoisotopic (exact) mass is 246 g/mol. The quantitative estimate of drug-likeness (QED) is 0.484. The average Bonchev–Trinajstić information content (AvgIpc) is 2.92. The third kappa shape index (κ3) is 3.12. The number of alkyl halides is 1. The van der Waals surface area contributed by atoms with Gasteiger partial charge in [-0.25, -0.2) is 0 Å². The number of fused-ring (bicyclic) bond motifs is 1. The summed E-state index contributed by atoms with van der Waals surface area (Å²) < 4.78 is 10.4. The molecule has 2 aliphatic rings. The zero-order valence-electron chi connectivity index (χ0n) is 10.2. The summed E-state index contributed by atoms with van der Waals surface area (Å²) in [6.07, 6.45) is 6.62. The maximum Gasteiger partial charge on any atom is 0.0700 e. The standard InChI is InChI=1S/C13H23ClO2/c1-15-5-6-16-4-2-3-13(10-14)8-11-7-12(11)9-13/h11-12H,2-10H2,1H3. The summed E-state index contributed by atoms with van der Waals surface area (Å²) in [5.74, 6) is 2.89. The van der Waals surface area contributed by atoms with Gasteiger partial charge >= 0.3 is 0 Å². The van der Waals surface area contributed by atoms with Gasteiger partial charge < -0.3 is 9.47 Å². The van der Waals surface area contributed by atoms with Crippen molar-refractivity contribution in [3.05, 3.63) is 0 Å². The summed E-state index contributed by atoms with van der Waals surface area (Å²) in [4.78, 5) is 0. The highest BCUT2D eigenvalue weighted by Crippen LogP contribution is 2.61. The van der Waals surface area contributed by atoms with E-state index in [1.165, 1.54) is 25.7 Å². The summed E-state index contributed by atoms with van der Waals surface area (Å²) >= 11 is 6.15. The molecule has 2 aliphatic carbocycles. The Morgan fingerprint density at radius 3 is 2.56 bits per heavy atom. The van der Waals surface area contributed by atoms with Gasteiger partial charge in [-0.2, -0.15) is 0 Å². The van der Waals surface area contributed by atoms with Crippen molar-refractivity contribution in [1.29, 1.82) is 0 Å². The molecule has 0 aromatic carbocycles. The molecule has 2 atom stereocenters. The molecule has 0 aromatic rings. The zero-order valence-corrected chi connectivity index (χ0v) is 11.0. The highest BCUT2D eigenvalue weighted by molar-refractivity contribution is 6.18. The number of hydrogen-bond acceptors (Lipinski definition) is 2. The minimum absolute atomic E-state index is 0.458. The SMILES string of the molecule is COCCOCCCC1(CCl)CC2CC2C1. The second-order valence-corrected chi connectivity index (χ2v) is 5.77. The Morgan fingerprint density at radius 2 is 1.94 bits per heavy atom. The van der Waals surface area contributed by atoms with E-state index in [9.17, 15) is 0 Å². The van der Waals surface area contributed by atoms with Crippen molar-refractivity contribution < 1.29 is 9.47 Å². The lowest BCUT2D eigenvalue weighted by Crippen LogP contribution is -2.21. The van der Waals surface area contributed by atoms with Crippen LogP contribution in [0.15, 0.2) is 0 Å². The number of halogens is 1. The van der Waals surface area contributed by atoms with Crippen molar-refractivity contribution in [3.8, 4) is 0 Å². The van der Waals surface area contributed by atoms with Crippen molar-refractivity contribution in [1.82, 2.24) is 0 Å². The van der Waals surface area contributed by atoms with Gasteiger partial charge in [0.25, 0.3) is 0 Å². The third-order valence-corrected chi connectivity index (χ3v) is 4.74. The van der Waals surface area contributed by atoms with Crippen LogP contribution in [0.3, 0.4) is 0 Å². The van der Waals surface area contributed by atoms with Crippen LogP contribution in [-0.4, -0.2) is 32.8 Å².